The average Bonchev–Trinajstić information content (AvgIpc) is 2.95. The molecule has 0 bridgehead atoms. The van der Waals surface area contributed by atoms with Crippen LogP contribution in [-0.2, 0) is 13.2 Å². The number of rotatable bonds is 6. The summed E-state index contributed by atoms with van der Waals surface area (Å²) in [5.74, 6) is 1.61. The van der Waals surface area contributed by atoms with Crippen molar-refractivity contribution >= 4 is 23.6 Å². The minimum absolute atomic E-state index is 0.799. The normalized spacial score (nSPS) is 20.2. The number of hydrogen-bond acceptors (Lipinski definition) is 5. The SMILES string of the molecule is COc1cc(C)c(C[NH+]2CC[NH+](Cn3nc(C)sc3=S)CC2)cc1OC. The molecule has 0 aliphatic carbocycles. The summed E-state index contributed by atoms with van der Waals surface area (Å²) in [5.41, 5.74) is 2.59. The maximum atomic E-state index is 5.46. The Bertz CT molecular complexity index is 810. The van der Waals surface area contributed by atoms with E-state index in [0.29, 0.717) is 0 Å². The lowest BCUT2D eigenvalue weighted by Crippen LogP contribution is -3.27. The maximum absolute atomic E-state index is 5.46. The van der Waals surface area contributed by atoms with Crippen LogP contribution in [0, 0.1) is 17.8 Å². The molecule has 0 unspecified atom stereocenters. The second-order valence-electron chi connectivity index (χ2n) is 6.86. The number of nitrogens with zero attached hydrogens (tertiary/aromatic N) is 2. The van der Waals surface area contributed by atoms with E-state index in [1.165, 1.54) is 11.1 Å². The van der Waals surface area contributed by atoms with Crippen LogP contribution in [0.5, 0.6) is 11.5 Å². The van der Waals surface area contributed by atoms with E-state index < -0.39 is 0 Å². The Balaban J connectivity index is 1.59. The molecular formula is C18H28N4O2S2+2. The molecule has 6 nitrogen and oxygen atoms in total. The first-order chi connectivity index (χ1) is 12.5. The van der Waals surface area contributed by atoms with Gasteiger partial charge in [0.2, 0.25) is 0 Å². The summed E-state index contributed by atoms with van der Waals surface area (Å²) in [6, 6.07) is 4.19. The highest BCUT2D eigenvalue weighted by atomic mass is 32.1. The Hall–Kier alpha value is -1.48. The highest BCUT2D eigenvalue weighted by Gasteiger charge is 2.24. The van der Waals surface area contributed by atoms with E-state index >= 15 is 0 Å². The summed E-state index contributed by atoms with van der Waals surface area (Å²) < 4.78 is 13.7. The number of aryl methyl sites for hydroxylation is 2. The van der Waals surface area contributed by atoms with Gasteiger partial charge in [-0.2, -0.15) is 9.78 Å². The van der Waals surface area contributed by atoms with Crippen LogP contribution in [0.2, 0.25) is 0 Å². The van der Waals surface area contributed by atoms with Crippen molar-refractivity contribution in [1.29, 1.82) is 0 Å². The molecule has 1 aromatic heterocycles. The van der Waals surface area contributed by atoms with Gasteiger partial charge in [-0.05, 0) is 43.8 Å². The van der Waals surface area contributed by atoms with Crippen LogP contribution in [0.4, 0.5) is 0 Å². The van der Waals surface area contributed by atoms with Gasteiger partial charge >= 0.3 is 0 Å². The topological polar surface area (TPSA) is 45.2 Å². The first-order valence-electron chi connectivity index (χ1n) is 8.93. The number of piperazine rings is 1. The zero-order chi connectivity index (χ0) is 18.7. The fourth-order valence-corrected chi connectivity index (χ4v) is 4.57. The molecule has 0 radical (unpaired) electrons. The monoisotopic (exact) mass is 396 g/mol. The Morgan fingerprint density at radius 1 is 1.08 bits per heavy atom. The lowest BCUT2D eigenvalue weighted by molar-refractivity contribution is -1.03. The molecule has 1 aliphatic rings. The molecule has 0 atom stereocenters. The largest absolute Gasteiger partial charge is 0.493 e. The van der Waals surface area contributed by atoms with Crippen molar-refractivity contribution in [1.82, 2.24) is 9.78 Å². The standard InChI is InChI=1S/C18H26N4O2S2/c1-13-9-16(23-3)17(24-4)10-15(13)11-20-5-7-21(8-6-20)12-22-18(25)26-14(2)19-22/h9-10H,5-8,11-12H2,1-4H3/p+2. The van der Waals surface area contributed by atoms with Gasteiger partial charge in [0.15, 0.2) is 22.1 Å². The summed E-state index contributed by atoms with van der Waals surface area (Å²) in [6.07, 6.45) is 0. The second kappa shape index (κ2) is 8.47. The highest BCUT2D eigenvalue weighted by molar-refractivity contribution is 7.73. The van der Waals surface area contributed by atoms with Gasteiger partial charge in [0.25, 0.3) is 0 Å². The smallest absolute Gasteiger partial charge is 0.184 e. The molecular weight excluding hydrogens is 368 g/mol. The van der Waals surface area contributed by atoms with Gasteiger partial charge in [-0.3, -0.25) is 0 Å². The number of ether oxygens (including phenoxy) is 2. The van der Waals surface area contributed by atoms with Gasteiger partial charge in [0.05, 0.1) is 14.2 Å². The second-order valence-corrected chi connectivity index (χ2v) is 8.68. The minimum Gasteiger partial charge on any atom is -0.493 e. The number of hydrogen-bond donors (Lipinski definition) is 2. The molecule has 1 saturated heterocycles. The van der Waals surface area contributed by atoms with E-state index in [0.717, 1.165) is 59.9 Å². The molecule has 142 valence electrons. The molecule has 2 heterocycles. The zero-order valence-electron chi connectivity index (χ0n) is 15.9. The van der Waals surface area contributed by atoms with Gasteiger partial charge in [-0.15, -0.1) is 0 Å². The molecule has 3 rings (SSSR count). The molecule has 1 fully saturated rings. The van der Waals surface area contributed by atoms with Crippen LogP contribution in [-0.4, -0.2) is 50.2 Å². The molecule has 1 aliphatic heterocycles. The Morgan fingerprint density at radius 3 is 2.27 bits per heavy atom. The molecule has 0 saturated carbocycles. The van der Waals surface area contributed by atoms with Crippen LogP contribution in [0.15, 0.2) is 12.1 Å². The van der Waals surface area contributed by atoms with E-state index in [2.05, 4.69) is 24.2 Å². The summed E-state index contributed by atoms with van der Waals surface area (Å²) >= 11 is 6.98. The predicted octanol–water partition coefficient (Wildman–Crippen LogP) is 0.249. The fraction of sp³-hybridized carbons (Fsp3) is 0.556. The number of quaternary nitrogens is 2. The summed E-state index contributed by atoms with van der Waals surface area (Å²) in [6.45, 7) is 10.6. The number of benzene rings is 1. The molecule has 26 heavy (non-hydrogen) atoms. The number of aromatic nitrogens is 2. The van der Waals surface area contributed by atoms with Crippen molar-refractivity contribution in [3.05, 3.63) is 32.2 Å². The van der Waals surface area contributed by atoms with E-state index in [1.807, 2.05) is 11.6 Å². The first-order valence-corrected chi connectivity index (χ1v) is 10.2. The molecule has 0 spiro atoms. The van der Waals surface area contributed by atoms with Crippen molar-refractivity contribution in [2.75, 3.05) is 40.4 Å². The van der Waals surface area contributed by atoms with E-state index in [9.17, 15) is 0 Å². The summed E-state index contributed by atoms with van der Waals surface area (Å²) in [4.78, 5) is 3.17. The van der Waals surface area contributed by atoms with Crippen LogP contribution >= 0.6 is 23.6 Å². The van der Waals surface area contributed by atoms with Crippen LogP contribution in [0.25, 0.3) is 0 Å². The third-order valence-electron chi connectivity index (χ3n) is 5.03. The first kappa shape index (κ1) is 19.3. The summed E-state index contributed by atoms with van der Waals surface area (Å²) in [7, 11) is 3.37. The third kappa shape index (κ3) is 4.43. The Kier molecular flexibility index (Phi) is 6.29. The lowest BCUT2D eigenvalue weighted by Gasteiger charge is -2.30. The van der Waals surface area contributed by atoms with Gasteiger partial charge in [0, 0.05) is 5.56 Å². The Labute approximate surface area is 163 Å². The lowest BCUT2D eigenvalue weighted by atomic mass is 10.1. The van der Waals surface area contributed by atoms with Crippen molar-refractivity contribution in [3.8, 4) is 11.5 Å². The quantitative estimate of drug-likeness (QED) is 0.687. The van der Waals surface area contributed by atoms with Crippen molar-refractivity contribution < 1.29 is 19.3 Å². The zero-order valence-corrected chi connectivity index (χ0v) is 17.6. The van der Waals surface area contributed by atoms with Crippen molar-refractivity contribution in [3.63, 3.8) is 0 Å². The molecule has 2 N–H and O–H groups in total. The summed E-state index contributed by atoms with van der Waals surface area (Å²) in [5, 5.41) is 5.56. The van der Waals surface area contributed by atoms with E-state index in [-0.39, 0.29) is 0 Å². The number of nitrogens with one attached hydrogen (secondary N) is 2. The fourth-order valence-electron chi connectivity index (χ4n) is 3.50. The van der Waals surface area contributed by atoms with Crippen LogP contribution in [0.3, 0.4) is 0 Å². The molecule has 1 aromatic carbocycles. The van der Waals surface area contributed by atoms with Gasteiger partial charge < -0.3 is 19.3 Å². The third-order valence-corrected chi connectivity index (χ3v) is 6.25. The predicted molar refractivity (Wildman–Crippen MR) is 105 cm³/mol. The van der Waals surface area contributed by atoms with E-state index in [4.69, 9.17) is 21.7 Å². The van der Waals surface area contributed by atoms with E-state index in [1.54, 1.807) is 35.4 Å². The van der Waals surface area contributed by atoms with Crippen molar-refractivity contribution in [2.45, 2.75) is 27.1 Å². The van der Waals surface area contributed by atoms with Crippen LogP contribution < -0.4 is 19.3 Å². The molecule has 8 heteroatoms. The van der Waals surface area contributed by atoms with Gasteiger partial charge in [-0.1, -0.05) is 11.3 Å². The minimum atomic E-state index is 0.799. The Morgan fingerprint density at radius 2 is 1.69 bits per heavy atom. The molecule has 0 amide bonds. The van der Waals surface area contributed by atoms with Crippen LogP contribution in [0.1, 0.15) is 16.1 Å². The number of methoxy groups -OCH3 is 2. The molecule has 2 aromatic rings. The van der Waals surface area contributed by atoms with Gasteiger partial charge in [0.1, 0.15) is 37.7 Å². The average molecular weight is 397 g/mol. The van der Waals surface area contributed by atoms with Crippen molar-refractivity contribution in [2.24, 2.45) is 0 Å². The maximum Gasteiger partial charge on any atom is 0.184 e. The highest BCUT2D eigenvalue weighted by Crippen LogP contribution is 2.29. The van der Waals surface area contributed by atoms with Gasteiger partial charge in [-0.25, -0.2) is 0 Å².